The molecule has 0 aliphatic heterocycles. The van der Waals surface area contributed by atoms with Crippen molar-refractivity contribution in [3.8, 4) is 22.6 Å². The van der Waals surface area contributed by atoms with Gasteiger partial charge in [0.25, 0.3) is 0 Å². The number of halogens is 2. The number of aryl methyl sites for hydroxylation is 1. The van der Waals surface area contributed by atoms with E-state index in [0.29, 0.717) is 27.3 Å². The predicted octanol–water partition coefficient (Wildman–Crippen LogP) is 4.24. The summed E-state index contributed by atoms with van der Waals surface area (Å²) in [5.41, 5.74) is 8.28. The Balaban J connectivity index is 2.28. The molecule has 0 spiro atoms. The van der Waals surface area contributed by atoms with Gasteiger partial charge in [-0.1, -0.05) is 29.3 Å². The summed E-state index contributed by atoms with van der Waals surface area (Å²) >= 11 is 12.2. The number of hydrogen-bond donors (Lipinski definition) is 1. The Hall–Kier alpha value is -1.91. The molecule has 2 N–H and O–H groups in total. The van der Waals surface area contributed by atoms with E-state index in [1.807, 2.05) is 12.1 Å². The molecule has 3 rings (SSSR count). The van der Waals surface area contributed by atoms with Gasteiger partial charge >= 0.3 is 0 Å². The molecule has 4 nitrogen and oxygen atoms in total. The summed E-state index contributed by atoms with van der Waals surface area (Å²) in [6, 6.07) is 8.89. The van der Waals surface area contributed by atoms with Crippen molar-refractivity contribution in [1.82, 2.24) is 9.78 Å². The molecular weight excluding hydrogens is 297 g/mol. The first-order valence-corrected chi connectivity index (χ1v) is 6.65. The van der Waals surface area contributed by atoms with Crippen LogP contribution < -0.4 is 5.73 Å². The molecule has 0 atom stereocenters. The summed E-state index contributed by atoms with van der Waals surface area (Å²) in [7, 11) is 1.77. The first kappa shape index (κ1) is 13.1. The number of nitrogens with zero attached hydrogens (tertiary/aromatic N) is 2. The number of furan rings is 1. The average molecular weight is 308 g/mol. The lowest BCUT2D eigenvalue weighted by Crippen LogP contribution is -1.98. The number of aromatic nitrogens is 2. The Morgan fingerprint density at radius 2 is 2.05 bits per heavy atom. The lowest BCUT2D eigenvalue weighted by Gasteiger charge is -2.06. The number of hydrogen-bond acceptors (Lipinski definition) is 3. The standard InChI is InChI=1S/C14H11Cl2N3O/c1-19-14(17)12(9-5-4-8(15)7-10(9)16)13(18-19)11-3-2-6-20-11/h2-7H,17H2,1H3. The Kier molecular flexibility index (Phi) is 3.20. The van der Waals surface area contributed by atoms with Crippen molar-refractivity contribution in [2.24, 2.45) is 7.05 Å². The molecule has 0 aliphatic carbocycles. The van der Waals surface area contributed by atoms with E-state index >= 15 is 0 Å². The molecule has 0 saturated heterocycles. The fourth-order valence-electron chi connectivity index (χ4n) is 2.08. The summed E-state index contributed by atoms with van der Waals surface area (Å²) in [6.45, 7) is 0. The lowest BCUT2D eigenvalue weighted by atomic mass is 10.0. The first-order chi connectivity index (χ1) is 9.58. The minimum atomic E-state index is 0.514. The zero-order valence-electron chi connectivity index (χ0n) is 10.6. The average Bonchev–Trinajstić information content (AvgIpc) is 3.01. The molecule has 0 amide bonds. The molecule has 0 bridgehead atoms. The molecule has 3 aromatic rings. The Morgan fingerprint density at radius 1 is 1.25 bits per heavy atom. The molecular formula is C14H11Cl2N3O. The van der Waals surface area contributed by atoms with Crippen molar-refractivity contribution in [3.05, 3.63) is 46.6 Å². The van der Waals surface area contributed by atoms with Gasteiger partial charge in [-0.2, -0.15) is 5.10 Å². The highest BCUT2D eigenvalue weighted by Gasteiger charge is 2.21. The molecule has 0 fully saturated rings. The van der Waals surface area contributed by atoms with E-state index in [0.717, 1.165) is 11.1 Å². The summed E-state index contributed by atoms with van der Waals surface area (Å²) in [6.07, 6.45) is 1.59. The minimum absolute atomic E-state index is 0.514. The van der Waals surface area contributed by atoms with E-state index in [1.54, 1.807) is 36.2 Å². The van der Waals surface area contributed by atoms with Gasteiger partial charge in [0.05, 0.1) is 16.8 Å². The van der Waals surface area contributed by atoms with Crippen LogP contribution in [0.25, 0.3) is 22.6 Å². The zero-order valence-corrected chi connectivity index (χ0v) is 12.1. The maximum absolute atomic E-state index is 6.27. The maximum Gasteiger partial charge on any atom is 0.154 e. The fraction of sp³-hybridized carbons (Fsp3) is 0.0714. The van der Waals surface area contributed by atoms with Gasteiger partial charge in [0.2, 0.25) is 0 Å². The number of anilines is 1. The second kappa shape index (κ2) is 4.89. The van der Waals surface area contributed by atoms with E-state index in [2.05, 4.69) is 5.10 Å². The van der Waals surface area contributed by atoms with Gasteiger partial charge in [-0.3, -0.25) is 4.68 Å². The van der Waals surface area contributed by atoms with Gasteiger partial charge in [-0.05, 0) is 24.3 Å². The monoisotopic (exact) mass is 307 g/mol. The molecule has 0 aliphatic rings. The van der Waals surface area contributed by atoms with Crippen LogP contribution in [0.5, 0.6) is 0 Å². The quantitative estimate of drug-likeness (QED) is 0.770. The van der Waals surface area contributed by atoms with Crippen molar-refractivity contribution in [3.63, 3.8) is 0 Å². The minimum Gasteiger partial charge on any atom is -0.463 e. The summed E-state index contributed by atoms with van der Waals surface area (Å²) in [4.78, 5) is 0. The van der Waals surface area contributed by atoms with Crippen LogP contribution >= 0.6 is 23.2 Å². The smallest absolute Gasteiger partial charge is 0.154 e. The molecule has 0 radical (unpaired) electrons. The molecule has 2 heterocycles. The summed E-state index contributed by atoms with van der Waals surface area (Å²) in [5.74, 6) is 1.15. The van der Waals surface area contributed by atoms with E-state index in [-0.39, 0.29) is 0 Å². The highest BCUT2D eigenvalue weighted by atomic mass is 35.5. The van der Waals surface area contributed by atoms with Crippen LogP contribution in [0.2, 0.25) is 10.0 Å². The van der Waals surface area contributed by atoms with E-state index in [9.17, 15) is 0 Å². The fourth-order valence-corrected chi connectivity index (χ4v) is 2.58. The zero-order chi connectivity index (χ0) is 14.3. The first-order valence-electron chi connectivity index (χ1n) is 5.89. The largest absolute Gasteiger partial charge is 0.463 e. The molecule has 0 saturated carbocycles. The second-order valence-corrected chi connectivity index (χ2v) is 5.18. The Bertz CT molecular complexity index is 763. The van der Waals surface area contributed by atoms with E-state index in [4.69, 9.17) is 33.4 Å². The van der Waals surface area contributed by atoms with Gasteiger partial charge in [0.15, 0.2) is 5.76 Å². The van der Waals surface area contributed by atoms with Crippen LogP contribution in [0.15, 0.2) is 41.0 Å². The highest BCUT2D eigenvalue weighted by molar-refractivity contribution is 6.36. The molecule has 2 aromatic heterocycles. The van der Waals surface area contributed by atoms with Crippen LogP contribution in [0.4, 0.5) is 5.82 Å². The number of nitrogen functional groups attached to an aromatic ring is 1. The Labute approximate surface area is 125 Å². The van der Waals surface area contributed by atoms with Crippen LogP contribution in [0.3, 0.4) is 0 Å². The van der Waals surface area contributed by atoms with E-state index in [1.165, 1.54) is 0 Å². The highest BCUT2D eigenvalue weighted by Crippen LogP contribution is 2.40. The van der Waals surface area contributed by atoms with Crippen molar-refractivity contribution < 1.29 is 4.42 Å². The normalized spacial score (nSPS) is 10.9. The lowest BCUT2D eigenvalue weighted by molar-refractivity contribution is 0.578. The summed E-state index contributed by atoms with van der Waals surface area (Å²) < 4.78 is 7.01. The third-order valence-corrected chi connectivity index (χ3v) is 3.59. The van der Waals surface area contributed by atoms with Crippen molar-refractivity contribution in [2.45, 2.75) is 0 Å². The predicted molar refractivity (Wildman–Crippen MR) is 80.8 cm³/mol. The number of rotatable bonds is 2. The Morgan fingerprint density at radius 3 is 2.70 bits per heavy atom. The van der Waals surface area contributed by atoms with Crippen LogP contribution in [-0.2, 0) is 7.05 Å². The van der Waals surface area contributed by atoms with Crippen LogP contribution in [0, 0.1) is 0 Å². The summed E-state index contributed by atoms with van der Waals surface area (Å²) in [5, 5.41) is 5.49. The van der Waals surface area contributed by atoms with Gasteiger partial charge in [-0.25, -0.2) is 0 Å². The van der Waals surface area contributed by atoms with Gasteiger partial charge in [-0.15, -0.1) is 0 Å². The van der Waals surface area contributed by atoms with Gasteiger partial charge in [0, 0.05) is 17.6 Å². The topological polar surface area (TPSA) is 57.0 Å². The molecule has 6 heteroatoms. The number of benzene rings is 1. The molecule has 20 heavy (non-hydrogen) atoms. The van der Waals surface area contributed by atoms with Crippen molar-refractivity contribution in [1.29, 1.82) is 0 Å². The second-order valence-electron chi connectivity index (χ2n) is 4.33. The molecule has 102 valence electrons. The van der Waals surface area contributed by atoms with Crippen molar-refractivity contribution >= 4 is 29.0 Å². The van der Waals surface area contributed by atoms with Crippen molar-refractivity contribution in [2.75, 3.05) is 5.73 Å². The third-order valence-electron chi connectivity index (χ3n) is 3.05. The van der Waals surface area contributed by atoms with Gasteiger partial charge in [0.1, 0.15) is 11.5 Å². The SMILES string of the molecule is Cn1nc(-c2ccco2)c(-c2ccc(Cl)cc2Cl)c1N. The maximum atomic E-state index is 6.27. The molecule has 1 aromatic carbocycles. The van der Waals surface area contributed by atoms with Crippen LogP contribution in [-0.4, -0.2) is 9.78 Å². The van der Waals surface area contributed by atoms with Gasteiger partial charge < -0.3 is 10.2 Å². The van der Waals surface area contributed by atoms with Crippen LogP contribution in [0.1, 0.15) is 0 Å². The van der Waals surface area contributed by atoms with E-state index < -0.39 is 0 Å². The number of nitrogens with two attached hydrogens (primary N) is 1. The third kappa shape index (κ3) is 2.07. The molecule has 0 unspecified atom stereocenters.